The van der Waals surface area contributed by atoms with Crippen LogP contribution in [0.2, 0.25) is 0 Å². The first-order valence-electron chi connectivity index (χ1n) is 5.53. The molecule has 0 saturated heterocycles. The van der Waals surface area contributed by atoms with Crippen molar-refractivity contribution in [3.63, 3.8) is 0 Å². The van der Waals surface area contributed by atoms with E-state index in [0.29, 0.717) is 12.1 Å². The SMILES string of the molecule is NCc1ccc(C(N)=O)cc1.Nc1ccccc1. The van der Waals surface area contributed by atoms with Gasteiger partial charge in [0, 0.05) is 17.8 Å². The van der Waals surface area contributed by atoms with Gasteiger partial charge in [0.05, 0.1) is 0 Å². The molecule has 4 heteroatoms. The second-order valence-electron chi connectivity index (χ2n) is 3.68. The van der Waals surface area contributed by atoms with Crippen LogP contribution in [-0.4, -0.2) is 5.91 Å². The maximum absolute atomic E-state index is 10.6. The number of hydrogen-bond acceptors (Lipinski definition) is 3. The summed E-state index contributed by atoms with van der Waals surface area (Å²) in [6.45, 7) is 0.485. The minimum atomic E-state index is -0.409. The van der Waals surface area contributed by atoms with Gasteiger partial charge in [-0.05, 0) is 29.8 Å². The van der Waals surface area contributed by atoms with Crippen LogP contribution in [0.1, 0.15) is 15.9 Å². The van der Waals surface area contributed by atoms with Crippen LogP contribution in [0.25, 0.3) is 0 Å². The molecule has 0 spiro atoms. The standard InChI is InChI=1S/C8H10N2O.C6H7N/c9-5-6-1-3-7(4-2-6)8(10)11;7-6-4-2-1-3-5-6/h1-4H,5,9H2,(H2,10,11);1-5H,7H2. The highest BCUT2D eigenvalue weighted by molar-refractivity contribution is 5.92. The lowest BCUT2D eigenvalue weighted by atomic mass is 10.1. The van der Waals surface area contributed by atoms with Crippen LogP contribution >= 0.6 is 0 Å². The van der Waals surface area contributed by atoms with Gasteiger partial charge in [-0.3, -0.25) is 4.79 Å². The molecule has 94 valence electrons. The van der Waals surface area contributed by atoms with Crippen molar-refractivity contribution >= 4 is 11.6 Å². The summed E-state index contributed by atoms with van der Waals surface area (Å²) in [6.07, 6.45) is 0. The molecule has 0 aromatic heterocycles. The highest BCUT2D eigenvalue weighted by Gasteiger charge is 1.97. The number of primary amides is 1. The number of para-hydroxylation sites is 1. The topological polar surface area (TPSA) is 95.1 Å². The van der Waals surface area contributed by atoms with Crippen molar-refractivity contribution in [2.75, 3.05) is 5.73 Å². The summed E-state index contributed by atoms with van der Waals surface area (Å²) < 4.78 is 0. The normalized spacial score (nSPS) is 9.17. The summed E-state index contributed by atoms with van der Waals surface area (Å²) in [5.41, 5.74) is 18.1. The molecule has 0 fully saturated rings. The first-order chi connectivity index (χ1) is 8.63. The van der Waals surface area contributed by atoms with E-state index < -0.39 is 5.91 Å². The van der Waals surface area contributed by atoms with Crippen LogP contribution < -0.4 is 17.2 Å². The van der Waals surface area contributed by atoms with Crippen molar-refractivity contribution in [1.29, 1.82) is 0 Å². The monoisotopic (exact) mass is 243 g/mol. The highest BCUT2D eigenvalue weighted by atomic mass is 16.1. The maximum atomic E-state index is 10.6. The van der Waals surface area contributed by atoms with E-state index in [1.807, 2.05) is 30.3 Å². The van der Waals surface area contributed by atoms with E-state index >= 15 is 0 Å². The third-order valence-electron chi connectivity index (χ3n) is 2.27. The molecule has 0 bridgehead atoms. The predicted octanol–water partition coefficient (Wildman–Crippen LogP) is 1.51. The maximum Gasteiger partial charge on any atom is 0.248 e. The van der Waals surface area contributed by atoms with E-state index in [0.717, 1.165) is 11.3 Å². The minimum Gasteiger partial charge on any atom is -0.399 e. The van der Waals surface area contributed by atoms with Crippen LogP contribution in [0.5, 0.6) is 0 Å². The predicted molar refractivity (Wildman–Crippen MR) is 73.7 cm³/mol. The zero-order chi connectivity index (χ0) is 13.4. The molecule has 18 heavy (non-hydrogen) atoms. The molecule has 0 radical (unpaired) electrons. The molecule has 0 heterocycles. The molecule has 0 aliphatic rings. The lowest BCUT2D eigenvalue weighted by Crippen LogP contribution is -2.10. The van der Waals surface area contributed by atoms with Crippen LogP contribution in [0, 0.1) is 0 Å². The van der Waals surface area contributed by atoms with Gasteiger partial charge in [-0.1, -0.05) is 30.3 Å². The smallest absolute Gasteiger partial charge is 0.248 e. The molecule has 6 N–H and O–H groups in total. The van der Waals surface area contributed by atoms with Gasteiger partial charge in [0.1, 0.15) is 0 Å². The summed E-state index contributed by atoms with van der Waals surface area (Å²) in [6, 6.07) is 16.4. The van der Waals surface area contributed by atoms with Crippen LogP contribution in [0.4, 0.5) is 5.69 Å². The Labute approximate surface area is 106 Å². The molecule has 4 nitrogen and oxygen atoms in total. The second kappa shape index (κ2) is 7.09. The Bertz CT molecular complexity index is 480. The molecule has 2 rings (SSSR count). The summed E-state index contributed by atoms with van der Waals surface area (Å²) in [5, 5.41) is 0. The number of anilines is 1. The molecule has 0 unspecified atom stereocenters. The fraction of sp³-hybridized carbons (Fsp3) is 0.0714. The number of benzene rings is 2. The van der Waals surface area contributed by atoms with Gasteiger partial charge in [-0.2, -0.15) is 0 Å². The Morgan fingerprint density at radius 3 is 1.83 bits per heavy atom. The van der Waals surface area contributed by atoms with E-state index in [4.69, 9.17) is 17.2 Å². The summed E-state index contributed by atoms with van der Waals surface area (Å²) in [7, 11) is 0. The Balaban J connectivity index is 0.000000199. The zero-order valence-corrected chi connectivity index (χ0v) is 10.0. The van der Waals surface area contributed by atoms with Crippen molar-refractivity contribution in [3.8, 4) is 0 Å². The lowest BCUT2D eigenvalue weighted by Gasteiger charge is -1.96. The minimum absolute atomic E-state index is 0.409. The fourth-order valence-electron chi connectivity index (χ4n) is 1.26. The van der Waals surface area contributed by atoms with E-state index in [9.17, 15) is 4.79 Å². The highest BCUT2D eigenvalue weighted by Crippen LogP contribution is 2.02. The average Bonchev–Trinajstić information content (AvgIpc) is 2.40. The van der Waals surface area contributed by atoms with E-state index in [2.05, 4.69) is 0 Å². The first-order valence-corrected chi connectivity index (χ1v) is 5.53. The van der Waals surface area contributed by atoms with Gasteiger partial charge < -0.3 is 17.2 Å². The zero-order valence-electron chi connectivity index (χ0n) is 10.0. The van der Waals surface area contributed by atoms with E-state index in [-0.39, 0.29) is 0 Å². The number of hydrogen-bond donors (Lipinski definition) is 3. The van der Waals surface area contributed by atoms with E-state index in [1.54, 1.807) is 24.3 Å². The lowest BCUT2D eigenvalue weighted by molar-refractivity contribution is 0.100. The molecule has 0 atom stereocenters. The second-order valence-corrected chi connectivity index (χ2v) is 3.68. The van der Waals surface area contributed by atoms with Crippen LogP contribution in [0.15, 0.2) is 54.6 Å². The number of carbonyl (C=O) groups excluding carboxylic acids is 1. The van der Waals surface area contributed by atoms with Gasteiger partial charge in [-0.25, -0.2) is 0 Å². The third-order valence-corrected chi connectivity index (χ3v) is 2.27. The first kappa shape index (κ1) is 13.7. The van der Waals surface area contributed by atoms with Crippen molar-refractivity contribution in [3.05, 3.63) is 65.7 Å². The number of rotatable bonds is 2. The van der Waals surface area contributed by atoms with Crippen LogP contribution in [-0.2, 0) is 6.54 Å². The largest absolute Gasteiger partial charge is 0.399 e. The third kappa shape index (κ3) is 4.67. The molecule has 0 aliphatic heterocycles. The van der Waals surface area contributed by atoms with Gasteiger partial charge >= 0.3 is 0 Å². The van der Waals surface area contributed by atoms with Gasteiger partial charge in [0.25, 0.3) is 0 Å². The number of nitrogens with two attached hydrogens (primary N) is 3. The van der Waals surface area contributed by atoms with Gasteiger partial charge in [-0.15, -0.1) is 0 Å². The van der Waals surface area contributed by atoms with Crippen LogP contribution in [0.3, 0.4) is 0 Å². The molecule has 0 aliphatic carbocycles. The van der Waals surface area contributed by atoms with Crippen molar-refractivity contribution < 1.29 is 4.79 Å². The fourth-order valence-corrected chi connectivity index (χ4v) is 1.26. The molecular weight excluding hydrogens is 226 g/mol. The molecule has 2 aromatic carbocycles. The summed E-state index contributed by atoms with van der Waals surface area (Å²) in [4.78, 5) is 10.6. The Morgan fingerprint density at radius 1 is 0.944 bits per heavy atom. The molecular formula is C14H17N3O. The quantitative estimate of drug-likeness (QED) is 0.698. The van der Waals surface area contributed by atoms with Gasteiger partial charge in [0.15, 0.2) is 0 Å². The van der Waals surface area contributed by atoms with Crippen molar-refractivity contribution in [1.82, 2.24) is 0 Å². The van der Waals surface area contributed by atoms with E-state index in [1.165, 1.54) is 0 Å². The molecule has 0 saturated carbocycles. The average molecular weight is 243 g/mol. The van der Waals surface area contributed by atoms with Gasteiger partial charge in [0.2, 0.25) is 5.91 Å². The summed E-state index contributed by atoms with van der Waals surface area (Å²) >= 11 is 0. The molecule has 2 aromatic rings. The Hall–Kier alpha value is -2.33. The number of amides is 1. The summed E-state index contributed by atoms with van der Waals surface area (Å²) in [5.74, 6) is -0.409. The Kier molecular flexibility index (Phi) is 5.41. The number of nitrogen functional groups attached to an aromatic ring is 1. The molecule has 1 amide bonds. The van der Waals surface area contributed by atoms with Crippen molar-refractivity contribution in [2.24, 2.45) is 11.5 Å². The number of carbonyl (C=O) groups is 1. The van der Waals surface area contributed by atoms with Crippen molar-refractivity contribution in [2.45, 2.75) is 6.54 Å². The Morgan fingerprint density at radius 2 is 1.50 bits per heavy atom.